The zero-order valence-corrected chi connectivity index (χ0v) is 15.6. The Morgan fingerprint density at radius 1 is 0.826 bits per heavy atom. The van der Waals surface area contributed by atoms with E-state index in [2.05, 4.69) is 20.8 Å². The van der Waals surface area contributed by atoms with Gasteiger partial charge in [-0.1, -0.05) is 13.8 Å². The van der Waals surface area contributed by atoms with E-state index in [1.165, 1.54) is 51.4 Å². The first-order valence-electron chi connectivity index (χ1n) is 9.92. The van der Waals surface area contributed by atoms with E-state index in [0.29, 0.717) is 17.6 Å². The Morgan fingerprint density at radius 3 is 1.74 bits per heavy atom. The van der Waals surface area contributed by atoms with Gasteiger partial charge < -0.3 is 14.6 Å². The zero-order valence-electron chi connectivity index (χ0n) is 15.6. The topological polar surface area (TPSA) is 38.7 Å². The van der Waals surface area contributed by atoms with E-state index in [0.717, 1.165) is 31.5 Å². The predicted molar refractivity (Wildman–Crippen MR) is 94.6 cm³/mol. The molecule has 2 fully saturated rings. The maximum absolute atomic E-state index is 8.85. The molecule has 0 aromatic carbocycles. The van der Waals surface area contributed by atoms with Crippen molar-refractivity contribution in [2.24, 2.45) is 17.3 Å². The van der Waals surface area contributed by atoms with E-state index in [1.54, 1.807) is 0 Å². The highest BCUT2D eigenvalue weighted by Gasteiger charge is 2.40. The molecule has 0 amide bonds. The fourth-order valence-electron chi connectivity index (χ4n) is 4.83. The third-order valence-electron chi connectivity index (χ3n) is 6.51. The number of hydrogen-bond donors (Lipinski definition) is 1. The van der Waals surface area contributed by atoms with Crippen LogP contribution < -0.4 is 0 Å². The maximum Gasteiger partial charge on any atom is 0.0575 e. The Bertz CT molecular complexity index is 313. The minimum absolute atomic E-state index is 0.243. The molecule has 0 bridgehead atoms. The van der Waals surface area contributed by atoms with E-state index < -0.39 is 0 Å². The van der Waals surface area contributed by atoms with Crippen molar-refractivity contribution in [2.45, 2.75) is 90.8 Å². The van der Waals surface area contributed by atoms with Gasteiger partial charge in [-0.25, -0.2) is 0 Å². The molecule has 2 aliphatic rings. The molecule has 3 heteroatoms. The second-order valence-corrected chi connectivity index (χ2v) is 8.17. The van der Waals surface area contributed by atoms with E-state index in [-0.39, 0.29) is 6.61 Å². The minimum atomic E-state index is 0.243. The van der Waals surface area contributed by atoms with Crippen LogP contribution in [0, 0.1) is 17.3 Å². The molecule has 0 aromatic rings. The van der Waals surface area contributed by atoms with Crippen LogP contribution in [-0.2, 0) is 9.47 Å². The molecule has 0 unspecified atom stereocenters. The first kappa shape index (κ1) is 19.2. The minimum Gasteiger partial charge on any atom is -0.396 e. The molecule has 0 radical (unpaired) electrons. The van der Waals surface area contributed by atoms with Gasteiger partial charge in [0.05, 0.1) is 12.2 Å². The average molecular weight is 327 g/mol. The summed E-state index contributed by atoms with van der Waals surface area (Å²) in [4.78, 5) is 0. The van der Waals surface area contributed by atoms with Crippen molar-refractivity contribution in [1.82, 2.24) is 0 Å². The van der Waals surface area contributed by atoms with Crippen molar-refractivity contribution in [1.29, 1.82) is 0 Å². The molecular weight excluding hydrogens is 288 g/mol. The Kier molecular flexibility index (Phi) is 7.84. The highest BCUT2D eigenvalue weighted by molar-refractivity contribution is 4.91. The third-order valence-corrected chi connectivity index (χ3v) is 6.51. The quantitative estimate of drug-likeness (QED) is 0.664. The summed E-state index contributed by atoms with van der Waals surface area (Å²) in [5.74, 6) is 1.70. The Labute approximate surface area is 143 Å². The van der Waals surface area contributed by atoms with Gasteiger partial charge in [-0.05, 0) is 82.0 Å². The van der Waals surface area contributed by atoms with Crippen LogP contribution in [0.1, 0.15) is 78.6 Å². The van der Waals surface area contributed by atoms with Crippen molar-refractivity contribution >= 4 is 0 Å². The molecule has 3 nitrogen and oxygen atoms in total. The lowest BCUT2D eigenvalue weighted by atomic mass is 9.60. The van der Waals surface area contributed by atoms with Crippen LogP contribution in [0.15, 0.2) is 0 Å². The molecule has 0 aliphatic heterocycles. The smallest absolute Gasteiger partial charge is 0.0575 e. The van der Waals surface area contributed by atoms with Gasteiger partial charge >= 0.3 is 0 Å². The van der Waals surface area contributed by atoms with Gasteiger partial charge in [0, 0.05) is 19.8 Å². The molecule has 0 saturated heterocycles. The summed E-state index contributed by atoms with van der Waals surface area (Å²) < 4.78 is 11.7. The first-order valence-corrected chi connectivity index (χ1v) is 9.92. The molecule has 0 heterocycles. The van der Waals surface area contributed by atoms with Crippen LogP contribution in [-0.4, -0.2) is 37.1 Å². The lowest BCUT2D eigenvalue weighted by Gasteiger charge is -2.46. The molecular formula is C20H38O3. The first-order chi connectivity index (χ1) is 11.1. The summed E-state index contributed by atoms with van der Waals surface area (Å²) in [7, 11) is 0. The van der Waals surface area contributed by atoms with Crippen molar-refractivity contribution < 1.29 is 14.6 Å². The van der Waals surface area contributed by atoms with Gasteiger partial charge in [0.15, 0.2) is 0 Å². The van der Waals surface area contributed by atoms with Crippen LogP contribution in [0.25, 0.3) is 0 Å². The second-order valence-electron chi connectivity index (χ2n) is 8.17. The van der Waals surface area contributed by atoms with Gasteiger partial charge in [0.1, 0.15) is 0 Å². The second kappa shape index (κ2) is 9.39. The number of aliphatic hydroxyl groups is 1. The highest BCUT2D eigenvalue weighted by Crippen LogP contribution is 2.48. The Balaban J connectivity index is 1.75. The van der Waals surface area contributed by atoms with Gasteiger partial charge in [0.2, 0.25) is 0 Å². The van der Waals surface area contributed by atoms with E-state index in [1.807, 2.05) is 0 Å². The Hall–Kier alpha value is -0.120. The summed E-state index contributed by atoms with van der Waals surface area (Å²) in [6.07, 6.45) is 11.9. The molecule has 1 N–H and O–H groups in total. The van der Waals surface area contributed by atoms with Crippen LogP contribution in [0.5, 0.6) is 0 Å². The fraction of sp³-hybridized carbons (Fsp3) is 1.00. The third kappa shape index (κ3) is 5.44. The molecule has 0 aromatic heterocycles. The lowest BCUT2D eigenvalue weighted by Crippen LogP contribution is -2.39. The van der Waals surface area contributed by atoms with Crippen molar-refractivity contribution in [3.8, 4) is 0 Å². The summed E-state index contributed by atoms with van der Waals surface area (Å²) in [5.41, 5.74) is 0.452. The normalized spacial score (nSPS) is 32.9. The molecule has 136 valence electrons. The molecule has 2 aliphatic carbocycles. The van der Waals surface area contributed by atoms with E-state index in [9.17, 15) is 0 Å². The molecule has 23 heavy (non-hydrogen) atoms. The predicted octanol–water partition coefficient (Wildman–Crippen LogP) is 4.57. The molecule has 2 saturated carbocycles. The van der Waals surface area contributed by atoms with Crippen LogP contribution in [0.3, 0.4) is 0 Å². The van der Waals surface area contributed by atoms with Gasteiger partial charge in [0.25, 0.3) is 0 Å². The average Bonchev–Trinajstić information content (AvgIpc) is 2.56. The van der Waals surface area contributed by atoms with Crippen LogP contribution in [0.2, 0.25) is 0 Å². The van der Waals surface area contributed by atoms with Crippen LogP contribution >= 0.6 is 0 Å². The fourth-order valence-corrected chi connectivity index (χ4v) is 4.83. The molecule has 2 rings (SSSR count). The van der Waals surface area contributed by atoms with Crippen LogP contribution in [0.4, 0.5) is 0 Å². The van der Waals surface area contributed by atoms with Crippen molar-refractivity contribution in [3.05, 3.63) is 0 Å². The summed E-state index contributed by atoms with van der Waals surface area (Å²) in [6, 6.07) is 0. The number of ether oxygens (including phenoxy) is 2. The highest BCUT2D eigenvalue weighted by atomic mass is 16.5. The largest absolute Gasteiger partial charge is 0.396 e. The molecule has 0 spiro atoms. The summed E-state index contributed by atoms with van der Waals surface area (Å²) >= 11 is 0. The van der Waals surface area contributed by atoms with Gasteiger partial charge in [-0.2, -0.15) is 0 Å². The summed E-state index contributed by atoms with van der Waals surface area (Å²) in [6.45, 7) is 8.95. The van der Waals surface area contributed by atoms with Crippen molar-refractivity contribution in [3.63, 3.8) is 0 Å². The monoisotopic (exact) mass is 326 g/mol. The number of rotatable bonds is 8. The summed E-state index contributed by atoms with van der Waals surface area (Å²) in [5, 5.41) is 8.85. The lowest BCUT2D eigenvalue weighted by molar-refractivity contribution is -0.0348. The van der Waals surface area contributed by atoms with Gasteiger partial charge in [-0.15, -0.1) is 0 Å². The maximum atomic E-state index is 8.85. The SMILES string of the molecule is CCOC1CCC(C(C)(C)C2CCC(OCCCO)CC2)CC1. The Morgan fingerprint density at radius 2 is 1.30 bits per heavy atom. The number of hydrogen-bond acceptors (Lipinski definition) is 3. The van der Waals surface area contributed by atoms with Crippen molar-refractivity contribution in [2.75, 3.05) is 19.8 Å². The van der Waals surface area contributed by atoms with Gasteiger partial charge in [-0.3, -0.25) is 0 Å². The molecule has 0 atom stereocenters. The van der Waals surface area contributed by atoms with E-state index in [4.69, 9.17) is 14.6 Å². The number of aliphatic hydroxyl groups excluding tert-OH is 1. The zero-order chi connectivity index (χ0) is 16.7. The standard InChI is InChI=1S/C20H38O3/c1-4-22-18-10-6-16(7-11-18)20(2,3)17-8-12-19(13-9-17)23-15-5-14-21/h16-19,21H,4-15H2,1-3H3. The van der Waals surface area contributed by atoms with E-state index >= 15 is 0 Å².